The maximum absolute atomic E-state index is 6.29. The maximum Gasteiger partial charge on any atom is 0.146 e. The number of hydrogen-bond acceptors (Lipinski definition) is 5. The number of piperidine rings is 2. The van der Waals surface area contributed by atoms with Gasteiger partial charge in [0, 0.05) is 28.3 Å². The normalized spacial score (nSPS) is 18.9. The molecule has 0 saturated carbocycles. The molecule has 2 fully saturated rings. The molecule has 3 heterocycles. The number of aromatic nitrogens is 1. The molecule has 2 aromatic rings. The third-order valence-electron chi connectivity index (χ3n) is 7.87. The molecule has 0 amide bonds. The predicted molar refractivity (Wildman–Crippen MR) is 148 cm³/mol. The van der Waals surface area contributed by atoms with E-state index in [9.17, 15) is 0 Å². The quantitative estimate of drug-likeness (QED) is 0.282. The highest BCUT2D eigenvalue weighted by molar-refractivity contribution is 7.80. The average Bonchev–Trinajstić information content (AvgIpc) is 2.85. The molecule has 1 spiro atoms. The molecule has 0 unspecified atom stereocenters. The van der Waals surface area contributed by atoms with Crippen molar-refractivity contribution in [1.29, 1.82) is 0 Å². The molecule has 2 aliphatic rings. The first-order valence-corrected chi connectivity index (χ1v) is 14.0. The smallest absolute Gasteiger partial charge is 0.146 e. The van der Waals surface area contributed by atoms with Gasteiger partial charge in [-0.05, 0) is 120 Å². The van der Waals surface area contributed by atoms with Crippen molar-refractivity contribution in [3.05, 3.63) is 47.6 Å². The Morgan fingerprint density at radius 1 is 0.941 bits per heavy atom. The molecule has 4 nitrogen and oxygen atoms in total. The summed E-state index contributed by atoms with van der Waals surface area (Å²) in [5.41, 5.74) is 1.72. The van der Waals surface area contributed by atoms with Gasteiger partial charge in [-0.1, -0.05) is 31.0 Å². The molecule has 2 saturated heterocycles. The molecule has 0 radical (unpaired) electrons. The minimum absolute atomic E-state index is 0.644. The molecular formula is C28H41ClN4S. The first-order valence-electron chi connectivity index (χ1n) is 13.2. The number of halogens is 1. The number of hydrogen-bond donors (Lipinski definition) is 1. The Balaban J connectivity index is 1.21. The second kappa shape index (κ2) is 12.6. The van der Waals surface area contributed by atoms with Crippen molar-refractivity contribution in [2.45, 2.75) is 63.2 Å². The van der Waals surface area contributed by atoms with E-state index in [2.05, 4.69) is 45.3 Å². The van der Waals surface area contributed by atoms with Gasteiger partial charge >= 0.3 is 0 Å². The monoisotopic (exact) mass is 500 g/mol. The number of likely N-dealkylation sites (tertiary alicyclic amines) is 2. The van der Waals surface area contributed by atoms with Crippen LogP contribution in [0.2, 0.25) is 5.02 Å². The molecule has 0 bridgehead atoms. The van der Waals surface area contributed by atoms with Crippen molar-refractivity contribution in [3.8, 4) is 0 Å². The molecule has 1 aromatic carbocycles. The highest BCUT2D eigenvalue weighted by Crippen LogP contribution is 2.41. The Kier molecular flexibility index (Phi) is 9.58. The van der Waals surface area contributed by atoms with E-state index in [1.165, 1.54) is 84.2 Å². The Morgan fingerprint density at radius 2 is 1.65 bits per heavy atom. The van der Waals surface area contributed by atoms with Gasteiger partial charge in [-0.15, -0.1) is 12.6 Å². The minimum atomic E-state index is 0.644. The lowest BCUT2D eigenvalue weighted by Crippen LogP contribution is -2.47. The molecule has 0 atom stereocenters. The molecular weight excluding hydrogens is 460 g/mol. The summed E-state index contributed by atoms with van der Waals surface area (Å²) in [6.07, 6.45) is 12.4. The average molecular weight is 501 g/mol. The summed E-state index contributed by atoms with van der Waals surface area (Å²) >= 11 is 10.9. The summed E-state index contributed by atoms with van der Waals surface area (Å²) in [7, 11) is 0. The first-order chi connectivity index (χ1) is 16.6. The number of pyridine rings is 1. The third-order valence-corrected chi connectivity index (χ3v) is 8.46. The molecule has 186 valence electrons. The molecule has 2 aliphatic heterocycles. The highest BCUT2D eigenvalue weighted by atomic mass is 35.5. The lowest BCUT2D eigenvalue weighted by molar-refractivity contribution is 0.0345. The van der Waals surface area contributed by atoms with Gasteiger partial charge < -0.3 is 14.7 Å². The Bertz CT molecular complexity index is 889. The topological polar surface area (TPSA) is 22.6 Å². The van der Waals surface area contributed by atoms with Crippen LogP contribution in [0.3, 0.4) is 0 Å². The van der Waals surface area contributed by atoms with Gasteiger partial charge in [0.05, 0.1) is 0 Å². The van der Waals surface area contributed by atoms with Crippen molar-refractivity contribution in [2.75, 3.05) is 50.7 Å². The molecule has 0 N–H and O–H groups in total. The van der Waals surface area contributed by atoms with Gasteiger partial charge in [0.1, 0.15) is 5.82 Å². The lowest BCUT2D eigenvalue weighted by atomic mass is 9.71. The van der Waals surface area contributed by atoms with E-state index < -0.39 is 0 Å². The predicted octanol–water partition coefficient (Wildman–Crippen LogP) is 6.92. The summed E-state index contributed by atoms with van der Waals surface area (Å²) in [5, 5.41) is 0.748. The molecule has 4 rings (SSSR count). The van der Waals surface area contributed by atoms with Crippen LogP contribution in [0.25, 0.3) is 0 Å². The van der Waals surface area contributed by atoms with Crippen molar-refractivity contribution in [2.24, 2.45) is 5.41 Å². The van der Waals surface area contributed by atoms with E-state index in [1.807, 2.05) is 36.5 Å². The van der Waals surface area contributed by atoms with Crippen molar-refractivity contribution in [1.82, 2.24) is 14.8 Å². The standard InChI is InChI=1S/C28H41ClN4S/c1-2-16-31-19-11-28(12-20-31)13-21-32(22-14-28)17-4-3-5-18-33(25-9-6-8-24(29)23-25)27-26(34)10-7-15-30-27/h6-10,15,23,34H,2-5,11-14,16-22H2,1H3. The Morgan fingerprint density at radius 3 is 2.29 bits per heavy atom. The first kappa shape index (κ1) is 25.8. The SMILES string of the molecule is CCCN1CCC2(CC1)CCN(CCCCCN(c1cccc(Cl)c1)c1ncccc1S)CC2. The van der Waals surface area contributed by atoms with E-state index in [0.29, 0.717) is 5.41 Å². The second-order valence-corrected chi connectivity index (χ2v) is 11.1. The van der Waals surface area contributed by atoms with Crippen molar-refractivity contribution < 1.29 is 0 Å². The summed E-state index contributed by atoms with van der Waals surface area (Å²) < 4.78 is 0. The summed E-state index contributed by atoms with van der Waals surface area (Å²) in [4.78, 5) is 13.1. The van der Waals surface area contributed by atoms with Gasteiger partial charge in [0.15, 0.2) is 0 Å². The third kappa shape index (κ3) is 6.90. The van der Waals surface area contributed by atoms with Crippen molar-refractivity contribution >= 4 is 35.7 Å². The minimum Gasteiger partial charge on any atom is -0.325 e. The van der Waals surface area contributed by atoms with Gasteiger partial charge in [-0.3, -0.25) is 0 Å². The fourth-order valence-electron chi connectivity index (χ4n) is 5.70. The lowest BCUT2D eigenvalue weighted by Gasteiger charge is -2.47. The van der Waals surface area contributed by atoms with Crippen LogP contribution in [0.1, 0.15) is 58.3 Å². The van der Waals surface area contributed by atoms with Crippen LogP contribution in [-0.2, 0) is 0 Å². The van der Waals surface area contributed by atoms with E-state index in [-0.39, 0.29) is 0 Å². The summed E-state index contributed by atoms with van der Waals surface area (Å²) in [6.45, 7) is 11.0. The summed E-state index contributed by atoms with van der Waals surface area (Å²) in [6, 6.07) is 12.0. The maximum atomic E-state index is 6.29. The highest BCUT2D eigenvalue weighted by Gasteiger charge is 2.37. The van der Waals surface area contributed by atoms with Crippen LogP contribution in [-0.4, -0.2) is 60.6 Å². The van der Waals surface area contributed by atoms with Crippen LogP contribution < -0.4 is 4.90 Å². The number of thiol groups is 1. The fraction of sp³-hybridized carbons (Fsp3) is 0.607. The molecule has 34 heavy (non-hydrogen) atoms. The van der Waals surface area contributed by atoms with Gasteiger partial charge in [0.2, 0.25) is 0 Å². The number of rotatable bonds is 10. The van der Waals surface area contributed by atoms with Crippen LogP contribution in [0.5, 0.6) is 0 Å². The van der Waals surface area contributed by atoms with Crippen molar-refractivity contribution in [3.63, 3.8) is 0 Å². The zero-order valence-electron chi connectivity index (χ0n) is 20.8. The number of benzene rings is 1. The van der Waals surface area contributed by atoms with E-state index in [4.69, 9.17) is 11.6 Å². The second-order valence-electron chi connectivity index (χ2n) is 10.2. The van der Waals surface area contributed by atoms with Crippen LogP contribution in [0, 0.1) is 5.41 Å². The van der Waals surface area contributed by atoms with Gasteiger partial charge in [-0.2, -0.15) is 0 Å². The van der Waals surface area contributed by atoms with Crippen LogP contribution in [0.15, 0.2) is 47.5 Å². The van der Waals surface area contributed by atoms with Gasteiger partial charge in [-0.25, -0.2) is 4.98 Å². The fourth-order valence-corrected chi connectivity index (χ4v) is 6.15. The van der Waals surface area contributed by atoms with Crippen LogP contribution >= 0.6 is 24.2 Å². The van der Waals surface area contributed by atoms with E-state index in [0.717, 1.165) is 34.4 Å². The number of anilines is 2. The molecule has 0 aliphatic carbocycles. The summed E-state index contributed by atoms with van der Waals surface area (Å²) in [5.74, 6) is 0.902. The van der Waals surface area contributed by atoms with E-state index >= 15 is 0 Å². The number of unbranched alkanes of at least 4 members (excludes halogenated alkanes) is 2. The van der Waals surface area contributed by atoms with E-state index in [1.54, 1.807) is 0 Å². The van der Waals surface area contributed by atoms with Crippen LogP contribution in [0.4, 0.5) is 11.5 Å². The van der Waals surface area contributed by atoms with Gasteiger partial charge in [0.25, 0.3) is 0 Å². The largest absolute Gasteiger partial charge is 0.325 e. The molecule has 1 aromatic heterocycles. The Labute approximate surface area is 217 Å². The number of nitrogens with zero attached hydrogens (tertiary/aromatic N) is 4. The zero-order chi connectivity index (χ0) is 23.8. The Hall–Kier alpha value is -1.27. The molecule has 6 heteroatoms. The zero-order valence-corrected chi connectivity index (χ0v) is 22.4.